The molecule has 0 atom stereocenters. The fourth-order valence-electron chi connectivity index (χ4n) is 5.05. The zero-order valence-electron chi connectivity index (χ0n) is 19.8. The number of aliphatic carboxylic acids is 1. The first-order valence-corrected chi connectivity index (χ1v) is 12.0. The molecule has 2 aromatic carbocycles. The summed E-state index contributed by atoms with van der Waals surface area (Å²) in [6, 6.07) is 11.1. The molecule has 1 saturated carbocycles. The van der Waals surface area contributed by atoms with E-state index in [1.807, 2.05) is 24.3 Å². The molecule has 4 rings (SSSR count). The highest BCUT2D eigenvalue weighted by molar-refractivity contribution is 5.87. The highest BCUT2D eigenvalue weighted by Gasteiger charge is 2.26. The second-order valence-corrected chi connectivity index (χ2v) is 10.5. The van der Waals surface area contributed by atoms with Gasteiger partial charge in [-0.15, -0.1) is 0 Å². The Morgan fingerprint density at radius 1 is 1.06 bits per heavy atom. The van der Waals surface area contributed by atoms with E-state index in [4.69, 9.17) is 5.11 Å². The molecule has 32 heavy (non-hydrogen) atoms. The van der Waals surface area contributed by atoms with Crippen molar-refractivity contribution in [3.05, 3.63) is 42.0 Å². The predicted molar refractivity (Wildman–Crippen MR) is 127 cm³/mol. The molecule has 2 aliphatic rings. The van der Waals surface area contributed by atoms with E-state index in [1.165, 1.54) is 32.1 Å². The van der Waals surface area contributed by atoms with E-state index in [9.17, 15) is 9.32 Å². The first-order chi connectivity index (χ1) is 15.3. The Morgan fingerprint density at radius 3 is 2.31 bits per heavy atom. The minimum atomic E-state index is -0.699. The van der Waals surface area contributed by atoms with Crippen LogP contribution in [-0.2, 0) is 11.3 Å². The lowest BCUT2D eigenvalue weighted by molar-refractivity contribution is -0.143. The Bertz CT molecular complexity index is 878. The second kappa shape index (κ2) is 11.1. The fraction of sp³-hybridized carbons (Fsp3) is 0.593. The van der Waals surface area contributed by atoms with E-state index in [0.29, 0.717) is 18.3 Å². The Kier molecular flexibility index (Phi) is 8.52. The standard InChI is InChI=1S/C17H18FNO3.C10H20/c18-22-15-5-4-12-2-1-3-14(16(12)10-15)11-19-8-6-13(7-9-19)17(20)21;1-10(2,3)9-7-5-4-6-8-9/h1-5,10,13H,6-9,11H2,(H,20,21);9H,4-8H2,1-3H3. The van der Waals surface area contributed by atoms with Crippen LogP contribution in [0.5, 0.6) is 5.75 Å². The smallest absolute Gasteiger partial charge is 0.306 e. The summed E-state index contributed by atoms with van der Waals surface area (Å²) in [4.78, 5) is 17.1. The third kappa shape index (κ3) is 6.68. The molecule has 2 aromatic rings. The zero-order valence-corrected chi connectivity index (χ0v) is 19.8. The highest BCUT2D eigenvalue weighted by atomic mass is 19.3. The molecular weight excluding hydrogens is 405 g/mol. The average molecular weight is 444 g/mol. The van der Waals surface area contributed by atoms with Crippen LogP contribution < -0.4 is 4.94 Å². The van der Waals surface area contributed by atoms with E-state index in [2.05, 4.69) is 30.6 Å². The minimum Gasteiger partial charge on any atom is -0.481 e. The Balaban J connectivity index is 0.000000243. The second-order valence-electron chi connectivity index (χ2n) is 10.5. The van der Waals surface area contributed by atoms with Crippen molar-refractivity contribution in [1.29, 1.82) is 0 Å². The summed E-state index contributed by atoms with van der Waals surface area (Å²) in [5, 5.41) is 11.1. The van der Waals surface area contributed by atoms with Crippen molar-refractivity contribution in [1.82, 2.24) is 4.90 Å². The van der Waals surface area contributed by atoms with Crippen LogP contribution in [0.4, 0.5) is 4.53 Å². The van der Waals surface area contributed by atoms with Crippen molar-refractivity contribution in [2.75, 3.05) is 13.1 Å². The van der Waals surface area contributed by atoms with Crippen molar-refractivity contribution in [3.63, 3.8) is 0 Å². The summed E-state index contributed by atoms with van der Waals surface area (Å²) in [6.07, 6.45) is 8.74. The maximum absolute atomic E-state index is 12.4. The summed E-state index contributed by atoms with van der Waals surface area (Å²) in [5.41, 5.74) is 1.67. The molecule has 1 aliphatic heterocycles. The number of hydrogen-bond donors (Lipinski definition) is 1. The third-order valence-electron chi connectivity index (χ3n) is 7.19. The largest absolute Gasteiger partial charge is 0.481 e. The van der Waals surface area contributed by atoms with Gasteiger partial charge >= 0.3 is 5.97 Å². The molecule has 1 aliphatic carbocycles. The average Bonchev–Trinajstić information content (AvgIpc) is 2.80. The van der Waals surface area contributed by atoms with Gasteiger partial charge in [0.05, 0.1) is 5.92 Å². The number of carboxylic acid groups (broad SMARTS) is 1. The van der Waals surface area contributed by atoms with Gasteiger partial charge in [0.1, 0.15) is 0 Å². The van der Waals surface area contributed by atoms with E-state index in [-0.39, 0.29) is 11.7 Å². The lowest BCUT2D eigenvalue weighted by Gasteiger charge is -2.33. The third-order valence-corrected chi connectivity index (χ3v) is 7.19. The summed E-state index contributed by atoms with van der Waals surface area (Å²) < 4.78 is 12.4. The number of carbonyl (C=O) groups is 1. The first kappa shape index (κ1) is 24.5. The number of halogens is 1. The SMILES string of the molecule is CC(C)(C)C1CCCCC1.O=C(O)C1CCN(Cc2cccc3ccc(OF)cc23)CC1. The minimum absolute atomic E-state index is 0.199. The Morgan fingerprint density at radius 2 is 1.75 bits per heavy atom. The van der Waals surface area contributed by atoms with Crippen molar-refractivity contribution in [3.8, 4) is 5.75 Å². The van der Waals surface area contributed by atoms with Crippen molar-refractivity contribution < 1.29 is 19.4 Å². The summed E-state index contributed by atoms with van der Waals surface area (Å²) in [7, 11) is 0. The van der Waals surface area contributed by atoms with Crippen LogP contribution in [0.1, 0.15) is 71.3 Å². The quantitative estimate of drug-likeness (QED) is 0.552. The normalized spacial score (nSPS) is 18.8. The maximum atomic E-state index is 12.4. The Hall–Kier alpha value is -2.14. The van der Waals surface area contributed by atoms with Crippen molar-refractivity contribution in [2.24, 2.45) is 17.3 Å². The van der Waals surface area contributed by atoms with Gasteiger partial charge in [0, 0.05) is 11.1 Å². The molecule has 0 radical (unpaired) electrons. The van der Waals surface area contributed by atoms with Crippen molar-refractivity contribution in [2.45, 2.75) is 72.3 Å². The first-order valence-electron chi connectivity index (χ1n) is 12.0. The van der Waals surface area contributed by atoms with Gasteiger partial charge in [0.2, 0.25) is 0 Å². The molecule has 0 bridgehead atoms. The van der Waals surface area contributed by atoms with Gasteiger partial charge in [0.15, 0.2) is 5.75 Å². The monoisotopic (exact) mass is 443 g/mol. The van der Waals surface area contributed by atoms with Crippen LogP contribution in [0.3, 0.4) is 0 Å². The van der Waals surface area contributed by atoms with Crippen LogP contribution in [0.25, 0.3) is 10.8 Å². The molecule has 1 heterocycles. The molecular formula is C27H38FNO3. The van der Waals surface area contributed by atoms with Gasteiger partial charge in [-0.3, -0.25) is 14.6 Å². The van der Waals surface area contributed by atoms with Gasteiger partial charge in [-0.25, -0.2) is 0 Å². The molecule has 5 heteroatoms. The number of nitrogens with zero attached hydrogens (tertiary/aromatic N) is 1. The fourth-order valence-corrected chi connectivity index (χ4v) is 5.05. The summed E-state index contributed by atoms with van der Waals surface area (Å²) in [6.45, 7) is 9.41. The molecule has 1 N–H and O–H groups in total. The van der Waals surface area contributed by atoms with Crippen LogP contribution >= 0.6 is 0 Å². The number of carboxylic acids is 1. The zero-order chi connectivity index (χ0) is 23.1. The molecule has 4 nitrogen and oxygen atoms in total. The molecule has 0 spiro atoms. The van der Waals surface area contributed by atoms with Gasteiger partial charge < -0.3 is 5.11 Å². The number of rotatable bonds is 4. The van der Waals surface area contributed by atoms with Gasteiger partial charge in [-0.05, 0) is 78.6 Å². The number of benzene rings is 2. The van der Waals surface area contributed by atoms with E-state index >= 15 is 0 Å². The van der Waals surface area contributed by atoms with E-state index in [1.54, 1.807) is 12.1 Å². The Labute approximate surface area is 191 Å². The molecule has 0 aromatic heterocycles. The maximum Gasteiger partial charge on any atom is 0.306 e. The van der Waals surface area contributed by atoms with Crippen molar-refractivity contribution >= 4 is 16.7 Å². The van der Waals surface area contributed by atoms with Crippen LogP contribution in [0.15, 0.2) is 36.4 Å². The van der Waals surface area contributed by atoms with Crippen LogP contribution in [0, 0.1) is 17.3 Å². The number of likely N-dealkylation sites (tertiary alicyclic amines) is 1. The highest BCUT2D eigenvalue weighted by Crippen LogP contribution is 2.37. The molecule has 1 saturated heterocycles. The van der Waals surface area contributed by atoms with Gasteiger partial charge in [-0.2, -0.15) is 0 Å². The molecule has 2 fully saturated rings. The number of hydrogen-bond acceptors (Lipinski definition) is 3. The van der Waals surface area contributed by atoms with E-state index in [0.717, 1.165) is 41.9 Å². The molecule has 0 unspecified atom stereocenters. The van der Waals surface area contributed by atoms with Crippen LogP contribution in [0.2, 0.25) is 0 Å². The van der Waals surface area contributed by atoms with E-state index < -0.39 is 5.97 Å². The number of piperidine rings is 1. The molecule has 0 amide bonds. The predicted octanol–water partition coefficient (Wildman–Crippen LogP) is 7.01. The van der Waals surface area contributed by atoms with Gasteiger partial charge in [0.25, 0.3) is 0 Å². The summed E-state index contributed by atoms with van der Waals surface area (Å²) >= 11 is 0. The lowest BCUT2D eigenvalue weighted by Crippen LogP contribution is -2.35. The summed E-state index contributed by atoms with van der Waals surface area (Å²) in [5.74, 6) is 0.274. The number of fused-ring (bicyclic) bond motifs is 1. The van der Waals surface area contributed by atoms with Gasteiger partial charge in [-0.1, -0.05) is 64.3 Å². The lowest BCUT2D eigenvalue weighted by atomic mass is 9.72. The molecule has 176 valence electrons. The topological polar surface area (TPSA) is 49.8 Å². The van der Waals surface area contributed by atoms with Crippen LogP contribution in [-0.4, -0.2) is 29.1 Å².